The average molecular weight is 515 g/mol. The molecule has 11 heteroatoms. The number of fused-ring (bicyclic) bond motifs is 1. The molecule has 0 bridgehead atoms. The summed E-state index contributed by atoms with van der Waals surface area (Å²) in [4.78, 5) is 20.7. The quantitative estimate of drug-likeness (QED) is 0.498. The molecule has 3 aromatic rings. The number of amides is 1. The van der Waals surface area contributed by atoms with Crippen molar-refractivity contribution in [3.8, 4) is 0 Å². The molecule has 10 nitrogen and oxygen atoms in total. The molecule has 194 valence electrons. The van der Waals surface area contributed by atoms with Crippen molar-refractivity contribution >= 4 is 32.8 Å². The molecule has 1 amide bonds. The zero-order chi connectivity index (χ0) is 25.7. The Labute approximate surface area is 211 Å². The molecule has 5 rings (SSSR count). The molecule has 1 atom stereocenters. The van der Waals surface area contributed by atoms with Gasteiger partial charge in [-0.3, -0.25) is 9.10 Å². The summed E-state index contributed by atoms with van der Waals surface area (Å²) in [5.74, 6) is 1.30. The van der Waals surface area contributed by atoms with Crippen LogP contribution in [0.25, 0.3) is 11.0 Å². The van der Waals surface area contributed by atoms with E-state index in [9.17, 15) is 13.2 Å². The third-order valence-corrected chi connectivity index (χ3v) is 8.71. The van der Waals surface area contributed by atoms with Crippen LogP contribution in [0.4, 0.5) is 5.69 Å². The van der Waals surface area contributed by atoms with Gasteiger partial charge in [0.25, 0.3) is 5.91 Å². The first-order chi connectivity index (χ1) is 17.0. The number of hydrogen-bond acceptors (Lipinski definition) is 6. The van der Waals surface area contributed by atoms with Crippen molar-refractivity contribution in [3.05, 3.63) is 42.0 Å². The highest BCUT2D eigenvalue weighted by Crippen LogP contribution is 2.44. The second-order valence-electron chi connectivity index (χ2n) is 10.9. The number of nitrogens with one attached hydrogen (secondary N) is 2. The predicted octanol–water partition coefficient (Wildman–Crippen LogP) is 3.44. The van der Waals surface area contributed by atoms with Gasteiger partial charge in [0, 0.05) is 32.2 Å². The number of carbonyl (C=O) groups is 1. The fourth-order valence-electron chi connectivity index (χ4n) is 5.05. The molecule has 2 aromatic heterocycles. The topological polar surface area (TPSA) is 122 Å². The van der Waals surface area contributed by atoms with Crippen LogP contribution in [0.3, 0.4) is 0 Å². The Balaban J connectivity index is 1.41. The summed E-state index contributed by atoms with van der Waals surface area (Å²) in [6, 6.07) is 5.54. The van der Waals surface area contributed by atoms with E-state index in [0.29, 0.717) is 17.1 Å². The molecule has 2 N–H and O–H groups in total. The lowest BCUT2D eigenvalue weighted by Gasteiger charge is -2.37. The molecule has 0 radical (unpaired) electrons. The molecule has 2 fully saturated rings. The van der Waals surface area contributed by atoms with Crippen LogP contribution < -0.4 is 9.62 Å². The van der Waals surface area contributed by atoms with E-state index in [2.05, 4.69) is 36.2 Å². The smallest absolute Gasteiger partial charge is 0.345 e. The molecule has 3 heterocycles. The van der Waals surface area contributed by atoms with E-state index in [1.807, 2.05) is 6.07 Å². The third kappa shape index (κ3) is 4.86. The number of nitrogens with zero attached hydrogens (tertiary/aromatic N) is 4. The molecule has 0 spiro atoms. The number of benzene rings is 1. The van der Waals surface area contributed by atoms with Gasteiger partial charge >= 0.3 is 10.2 Å². The molecule has 1 saturated heterocycles. The van der Waals surface area contributed by atoms with E-state index >= 15 is 0 Å². The Morgan fingerprint density at radius 3 is 2.61 bits per heavy atom. The molecule has 1 aromatic carbocycles. The fraction of sp³-hybridized carbons (Fsp3) is 0.560. The highest BCUT2D eigenvalue weighted by atomic mass is 32.2. The lowest BCUT2D eigenvalue weighted by Crippen LogP contribution is -2.32. The minimum atomic E-state index is -4.03. The lowest BCUT2D eigenvalue weighted by molar-refractivity contribution is 0.0404. The van der Waals surface area contributed by atoms with Crippen molar-refractivity contribution in [1.29, 1.82) is 0 Å². The van der Waals surface area contributed by atoms with E-state index in [0.717, 1.165) is 58.6 Å². The fourth-order valence-corrected chi connectivity index (χ4v) is 6.09. The average Bonchev–Trinajstić information content (AvgIpc) is 3.32. The third-order valence-electron chi connectivity index (χ3n) is 7.13. The van der Waals surface area contributed by atoms with Crippen LogP contribution in [0, 0.1) is 11.3 Å². The van der Waals surface area contributed by atoms with Crippen LogP contribution >= 0.6 is 0 Å². The minimum Gasteiger partial charge on any atom is -0.381 e. The number of aromatic amines is 1. The van der Waals surface area contributed by atoms with Crippen molar-refractivity contribution in [2.45, 2.75) is 58.4 Å². The number of hydrogen-bond donors (Lipinski definition) is 2. The molecule has 2 aliphatic rings. The molecule has 1 aliphatic carbocycles. The van der Waals surface area contributed by atoms with Crippen LogP contribution in [0.1, 0.15) is 68.6 Å². The maximum atomic E-state index is 13.2. The Morgan fingerprint density at radius 2 is 1.94 bits per heavy atom. The zero-order valence-electron chi connectivity index (χ0n) is 21.2. The van der Waals surface area contributed by atoms with Crippen LogP contribution in [-0.4, -0.2) is 59.8 Å². The SMILES string of the molecule is CN(c1ccc2[nH]c(C(C3CCOCC3)C(C)(C)C)nc2c1)S(=O)(=O)n1cc(C(=O)NC2CC2)cn1. The highest BCUT2D eigenvalue weighted by Gasteiger charge is 2.37. The number of imidazole rings is 1. The first-order valence-electron chi connectivity index (χ1n) is 12.5. The zero-order valence-corrected chi connectivity index (χ0v) is 22.0. The Morgan fingerprint density at radius 1 is 1.22 bits per heavy atom. The summed E-state index contributed by atoms with van der Waals surface area (Å²) in [5, 5.41) is 6.79. The summed E-state index contributed by atoms with van der Waals surface area (Å²) in [6.45, 7) is 8.23. The van der Waals surface area contributed by atoms with E-state index in [-0.39, 0.29) is 28.8 Å². The number of rotatable bonds is 7. The van der Waals surface area contributed by atoms with Gasteiger partial charge in [-0.05, 0) is 55.2 Å². The number of ether oxygens (including phenoxy) is 1. The normalized spacial score (nSPS) is 18.3. The van der Waals surface area contributed by atoms with Gasteiger partial charge in [-0.2, -0.15) is 13.5 Å². The number of anilines is 1. The lowest BCUT2D eigenvalue weighted by atomic mass is 9.70. The van der Waals surface area contributed by atoms with Crippen molar-refractivity contribution in [2.75, 3.05) is 24.6 Å². The highest BCUT2D eigenvalue weighted by molar-refractivity contribution is 7.91. The molecular formula is C25H34N6O4S. The van der Waals surface area contributed by atoms with E-state index in [4.69, 9.17) is 9.72 Å². The standard InChI is InChI=1S/C25H34N6O4S/c1-25(2,3)22(16-9-11-35-12-10-16)23-28-20-8-7-19(13-21(20)29-23)30(4)36(33,34)31-15-17(14-26-31)24(32)27-18-5-6-18/h7-8,13-16,18,22H,5-6,9-12H2,1-4H3,(H,27,32)(H,28,29). The Hall–Kier alpha value is -2.92. The number of aromatic nitrogens is 4. The van der Waals surface area contributed by atoms with Gasteiger partial charge in [0.15, 0.2) is 0 Å². The van der Waals surface area contributed by atoms with Gasteiger partial charge in [0.05, 0.1) is 34.7 Å². The van der Waals surface area contributed by atoms with Crippen molar-refractivity contribution in [2.24, 2.45) is 11.3 Å². The summed E-state index contributed by atoms with van der Waals surface area (Å²) in [7, 11) is -2.56. The summed E-state index contributed by atoms with van der Waals surface area (Å²) in [5.41, 5.74) is 2.24. The monoisotopic (exact) mass is 514 g/mol. The Bertz CT molecular complexity index is 1360. The van der Waals surface area contributed by atoms with E-state index in [1.165, 1.54) is 19.4 Å². The van der Waals surface area contributed by atoms with Crippen molar-refractivity contribution < 1.29 is 17.9 Å². The molecule has 1 unspecified atom stereocenters. The van der Waals surface area contributed by atoms with Crippen LogP contribution in [0.5, 0.6) is 0 Å². The second-order valence-corrected chi connectivity index (χ2v) is 12.8. The summed E-state index contributed by atoms with van der Waals surface area (Å²) < 4.78 is 34.0. The maximum absolute atomic E-state index is 13.2. The maximum Gasteiger partial charge on any atom is 0.345 e. The van der Waals surface area contributed by atoms with Gasteiger partial charge in [-0.15, -0.1) is 4.09 Å². The first-order valence-corrected chi connectivity index (χ1v) is 13.9. The van der Waals surface area contributed by atoms with Gasteiger partial charge in [-0.25, -0.2) is 4.98 Å². The van der Waals surface area contributed by atoms with Crippen molar-refractivity contribution in [1.82, 2.24) is 24.5 Å². The van der Waals surface area contributed by atoms with E-state index in [1.54, 1.807) is 12.1 Å². The molecule has 36 heavy (non-hydrogen) atoms. The van der Waals surface area contributed by atoms with Gasteiger partial charge < -0.3 is 15.0 Å². The second kappa shape index (κ2) is 9.19. The predicted molar refractivity (Wildman–Crippen MR) is 137 cm³/mol. The molecule has 1 aliphatic heterocycles. The molecular weight excluding hydrogens is 480 g/mol. The largest absolute Gasteiger partial charge is 0.381 e. The van der Waals surface area contributed by atoms with Gasteiger partial charge in [0.1, 0.15) is 5.82 Å². The number of H-pyrrole nitrogens is 1. The first kappa shape index (κ1) is 24.8. The van der Waals surface area contributed by atoms with Crippen LogP contribution in [0.15, 0.2) is 30.6 Å². The summed E-state index contributed by atoms with van der Waals surface area (Å²) >= 11 is 0. The number of carbonyl (C=O) groups excluding carboxylic acids is 1. The van der Waals surface area contributed by atoms with Crippen molar-refractivity contribution in [3.63, 3.8) is 0 Å². The van der Waals surface area contributed by atoms with E-state index < -0.39 is 10.2 Å². The van der Waals surface area contributed by atoms with Gasteiger partial charge in [0.2, 0.25) is 0 Å². The summed E-state index contributed by atoms with van der Waals surface area (Å²) in [6.07, 6.45) is 6.41. The Kier molecular flexibility index (Phi) is 6.32. The van der Waals surface area contributed by atoms with Crippen LogP contribution in [0.2, 0.25) is 0 Å². The minimum absolute atomic E-state index is 0.00242. The van der Waals surface area contributed by atoms with Gasteiger partial charge in [-0.1, -0.05) is 20.8 Å². The van der Waals surface area contributed by atoms with Crippen LogP contribution in [-0.2, 0) is 14.9 Å². The molecule has 1 saturated carbocycles.